The van der Waals surface area contributed by atoms with Crippen molar-refractivity contribution >= 4 is 0 Å². The number of nitrogens with zero attached hydrogens (tertiary/aromatic N) is 2. The Morgan fingerprint density at radius 2 is 2.43 bits per heavy atom. The van der Waals surface area contributed by atoms with Crippen molar-refractivity contribution in [3.05, 3.63) is 21.9 Å². The number of allylic oxidation sites excluding steroid dienone is 2. The highest BCUT2D eigenvalue weighted by molar-refractivity contribution is 4.95. The molecule has 5 nitrogen and oxygen atoms in total. The average Bonchev–Trinajstić information content (AvgIpc) is 2.15. The first kappa shape index (κ1) is 12.4. The van der Waals surface area contributed by atoms with Gasteiger partial charge in [0.2, 0.25) is 6.04 Å². The molecule has 0 spiro atoms. The lowest BCUT2D eigenvalue weighted by atomic mass is 10.2. The Labute approximate surface area is 83.1 Å². The maximum Gasteiger partial charge on any atom is 0.246 e. The quantitative estimate of drug-likeness (QED) is 0.371. The van der Waals surface area contributed by atoms with Crippen LogP contribution in [0, 0.1) is 21.4 Å². The molecule has 0 aromatic carbocycles. The molecule has 0 aromatic heterocycles. The van der Waals surface area contributed by atoms with Gasteiger partial charge in [-0.3, -0.25) is 10.1 Å². The first-order chi connectivity index (χ1) is 6.61. The van der Waals surface area contributed by atoms with Crippen LogP contribution in [0.15, 0.2) is 11.8 Å². The summed E-state index contributed by atoms with van der Waals surface area (Å²) in [6.45, 7) is 3.49. The minimum Gasteiger partial charge on any atom is -0.491 e. The van der Waals surface area contributed by atoms with Crippen LogP contribution < -0.4 is 0 Å². The third-order valence-corrected chi connectivity index (χ3v) is 1.75. The molecule has 14 heavy (non-hydrogen) atoms. The smallest absolute Gasteiger partial charge is 0.246 e. The van der Waals surface area contributed by atoms with Crippen molar-refractivity contribution in [1.82, 2.24) is 0 Å². The Balaban J connectivity index is 3.92. The maximum absolute atomic E-state index is 10.4. The molecule has 0 radical (unpaired) electrons. The SMILES string of the molecule is CCC(CO/C(C)=C/CC#N)[N+](=O)[O-]. The van der Waals surface area contributed by atoms with Crippen molar-refractivity contribution in [3.63, 3.8) is 0 Å². The van der Waals surface area contributed by atoms with E-state index >= 15 is 0 Å². The molecule has 1 atom stereocenters. The summed E-state index contributed by atoms with van der Waals surface area (Å²) < 4.78 is 5.13. The molecule has 5 heteroatoms. The molecule has 0 saturated heterocycles. The second kappa shape index (κ2) is 6.89. The summed E-state index contributed by atoms with van der Waals surface area (Å²) in [7, 11) is 0. The molecule has 78 valence electrons. The van der Waals surface area contributed by atoms with Crippen LogP contribution in [0.4, 0.5) is 0 Å². The van der Waals surface area contributed by atoms with E-state index in [-0.39, 0.29) is 18.0 Å². The molecule has 0 aromatic rings. The zero-order valence-electron chi connectivity index (χ0n) is 8.40. The number of rotatable bonds is 6. The molecular formula is C9H14N2O3. The van der Waals surface area contributed by atoms with E-state index in [1.54, 1.807) is 19.9 Å². The van der Waals surface area contributed by atoms with E-state index in [1.807, 2.05) is 6.07 Å². The van der Waals surface area contributed by atoms with E-state index < -0.39 is 6.04 Å². The van der Waals surface area contributed by atoms with Crippen LogP contribution in [0.25, 0.3) is 0 Å². The largest absolute Gasteiger partial charge is 0.491 e. The molecule has 0 aliphatic carbocycles. The predicted octanol–water partition coefficient (Wildman–Crippen LogP) is 1.88. The highest BCUT2D eigenvalue weighted by Crippen LogP contribution is 2.03. The Morgan fingerprint density at radius 3 is 2.86 bits per heavy atom. The summed E-state index contributed by atoms with van der Waals surface area (Å²) in [6.07, 6.45) is 2.31. The normalized spacial score (nSPS) is 13.1. The second-order valence-corrected chi connectivity index (χ2v) is 2.84. The van der Waals surface area contributed by atoms with Gasteiger partial charge < -0.3 is 4.74 Å². The summed E-state index contributed by atoms with van der Waals surface area (Å²) in [5, 5.41) is 18.7. The van der Waals surface area contributed by atoms with Gasteiger partial charge in [0.25, 0.3) is 0 Å². The predicted molar refractivity (Wildman–Crippen MR) is 51.0 cm³/mol. The Hall–Kier alpha value is -1.57. The topological polar surface area (TPSA) is 76.2 Å². The summed E-state index contributed by atoms with van der Waals surface area (Å²) in [5.41, 5.74) is 0. The summed E-state index contributed by atoms with van der Waals surface area (Å²) in [5.74, 6) is 0.562. The Morgan fingerprint density at radius 1 is 1.79 bits per heavy atom. The highest BCUT2D eigenvalue weighted by atomic mass is 16.6. The molecule has 0 saturated carbocycles. The van der Waals surface area contributed by atoms with Crippen molar-refractivity contribution in [2.45, 2.75) is 32.7 Å². The molecule has 0 heterocycles. The number of nitriles is 1. The van der Waals surface area contributed by atoms with E-state index in [0.29, 0.717) is 12.2 Å². The van der Waals surface area contributed by atoms with Gasteiger partial charge in [0, 0.05) is 11.3 Å². The van der Waals surface area contributed by atoms with Gasteiger partial charge in [0.05, 0.1) is 18.2 Å². The number of nitro groups is 1. The first-order valence-electron chi connectivity index (χ1n) is 4.41. The monoisotopic (exact) mass is 198 g/mol. The van der Waals surface area contributed by atoms with Gasteiger partial charge in [-0.25, -0.2) is 0 Å². The van der Waals surface area contributed by atoms with Gasteiger partial charge in [0.1, 0.15) is 0 Å². The van der Waals surface area contributed by atoms with Gasteiger partial charge in [-0.15, -0.1) is 0 Å². The average molecular weight is 198 g/mol. The summed E-state index contributed by atoms with van der Waals surface area (Å²) >= 11 is 0. The number of hydrogen-bond acceptors (Lipinski definition) is 4. The lowest BCUT2D eigenvalue weighted by Gasteiger charge is -2.09. The summed E-state index contributed by atoms with van der Waals surface area (Å²) in [4.78, 5) is 10.1. The molecule has 0 N–H and O–H groups in total. The lowest BCUT2D eigenvalue weighted by Crippen LogP contribution is -2.24. The fraction of sp³-hybridized carbons (Fsp3) is 0.667. The van der Waals surface area contributed by atoms with Crippen LogP contribution in [0.5, 0.6) is 0 Å². The third-order valence-electron chi connectivity index (χ3n) is 1.75. The van der Waals surface area contributed by atoms with Crippen molar-refractivity contribution in [2.75, 3.05) is 6.61 Å². The standard InChI is InChI=1S/C9H14N2O3/c1-3-9(11(12)13)7-14-8(2)5-4-6-10/h5,9H,3-4,7H2,1-2H3/b8-5+. The number of ether oxygens (including phenoxy) is 1. The van der Waals surface area contributed by atoms with Crippen LogP contribution in [0.1, 0.15) is 26.7 Å². The zero-order chi connectivity index (χ0) is 11.0. The highest BCUT2D eigenvalue weighted by Gasteiger charge is 2.17. The fourth-order valence-corrected chi connectivity index (χ4v) is 0.804. The molecule has 0 bridgehead atoms. The van der Waals surface area contributed by atoms with Gasteiger partial charge in [-0.05, 0) is 13.0 Å². The molecule has 0 aliphatic heterocycles. The molecule has 0 aliphatic rings. The van der Waals surface area contributed by atoms with Crippen LogP contribution in [0.3, 0.4) is 0 Å². The van der Waals surface area contributed by atoms with E-state index in [9.17, 15) is 10.1 Å². The van der Waals surface area contributed by atoms with E-state index in [2.05, 4.69) is 0 Å². The maximum atomic E-state index is 10.4. The Bertz CT molecular complexity index is 255. The van der Waals surface area contributed by atoms with E-state index in [1.165, 1.54) is 0 Å². The van der Waals surface area contributed by atoms with Crippen LogP contribution in [-0.4, -0.2) is 17.6 Å². The first-order valence-corrected chi connectivity index (χ1v) is 4.41. The van der Waals surface area contributed by atoms with Gasteiger partial charge in [-0.1, -0.05) is 6.92 Å². The van der Waals surface area contributed by atoms with Crippen molar-refractivity contribution in [2.24, 2.45) is 0 Å². The molecular weight excluding hydrogens is 184 g/mol. The molecule has 1 unspecified atom stereocenters. The van der Waals surface area contributed by atoms with Gasteiger partial charge >= 0.3 is 0 Å². The van der Waals surface area contributed by atoms with Gasteiger partial charge in [-0.2, -0.15) is 5.26 Å². The summed E-state index contributed by atoms with van der Waals surface area (Å²) in [6, 6.07) is 1.27. The second-order valence-electron chi connectivity index (χ2n) is 2.84. The van der Waals surface area contributed by atoms with Crippen LogP contribution in [-0.2, 0) is 4.74 Å². The molecule has 0 rings (SSSR count). The minimum atomic E-state index is -0.666. The number of hydrogen-bond donors (Lipinski definition) is 0. The van der Waals surface area contributed by atoms with E-state index in [4.69, 9.17) is 10.00 Å². The van der Waals surface area contributed by atoms with Crippen LogP contribution >= 0.6 is 0 Å². The van der Waals surface area contributed by atoms with Crippen molar-refractivity contribution < 1.29 is 9.66 Å². The molecule has 0 fully saturated rings. The fourth-order valence-electron chi connectivity index (χ4n) is 0.804. The minimum absolute atomic E-state index is 0.0667. The molecule has 0 amide bonds. The third kappa shape index (κ3) is 5.14. The van der Waals surface area contributed by atoms with E-state index in [0.717, 1.165) is 0 Å². The van der Waals surface area contributed by atoms with Crippen LogP contribution in [0.2, 0.25) is 0 Å². The Kier molecular flexibility index (Phi) is 6.12. The van der Waals surface area contributed by atoms with Crippen molar-refractivity contribution in [3.8, 4) is 6.07 Å². The lowest BCUT2D eigenvalue weighted by molar-refractivity contribution is -0.526. The van der Waals surface area contributed by atoms with Crippen molar-refractivity contribution in [1.29, 1.82) is 5.26 Å². The van der Waals surface area contributed by atoms with Gasteiger partial charge in [0.15, 0.2) is 6.61 Å². The zero-order valence-corrected chi connectivity index (χ0v) is 8.40.